The zero-order chi connectivity index (χ0) is 13.5. The molecule has 0 saturated heterocycles. The van der Waals surface area contributed by atoms with Crippen molar-refractivity contribution >= 4 is 11.8 Å². The van der Waals surface area contributed by atoms with E-state index in [4.69, 9.17) is 5.11 Å². The molecule has 1 heterocycles. The minimum atomic E-state index is -0.953. The number of nitrogens with zero attached hydrogens (tertiary/aromatic N) is 2. The molecule has 1 atom stereocenters. The molecule has 0 aromatic carbocycles. The van der Waals surface area contributed by atoms with E-state index < -0.39 is 5.97 Å². The number of aromatic nitrogens is 1. The van der Waals surface area contributed by atoms with Gasteiger partial charge in [0.05, 0.1) is 5.56 Å². The zero-order valence-electron chi connectivity index (χ0n) is 11.2. The molecule has 0 radical (unpaired) electrons. The highest BCUT2D eigenvalue weighted by Crippen LogP contribution is 2.05. The predicted octanol–water partition coefficient (Wildman–Crippen LogP) is 1.92. The lowest BCUT2D eigenvalue weighted by atomic mass is 10.2. The number of hydrogen-bond acceptors (Lipinski definition) is 4. The molecule has 0 aliphatic rings. The summed E-state index contributed by atoms with van der Waals surface area (Å²) >= 11 is 0. The summed E-state index contributed by atoms with van der Waals surface area (Å²) in [6, 6.07) is 3.80. The van der Waals surface area contributed by atoms with Crippen LogP contribution in [0.1, 0.15) is 30.6 Å². The van der Waals surface area contributed by atoms with Crippen LogP contribution in [-0.2, 0) is 0 Å². The number of pyridine rings is 1. The van der Waals surface area contributed by atoms with Crippen LogP contribution in [0.5, 0.6) is 0 Å². The lowest BCUT2D eigenvalue weighted by molar-refractivity contribution is 0.0696. The molecule has 0 aliphatic carbocycles. The van der Waals surface area contributed by atoms with E-state index in [1.165, 1.54) is 6.20 Å². The summed E-state index contributed by atoms with van der Waals surface area (Å²) in [5.74, 6) is -0.247. The Balaban J connectivity index is 2.38. The maximum Gasteiger partial charge on any atom is 0.337 e. The Morgan fingerprint density at radius 1 is 1.56 bits per heavy atom. The number of carboxylic acids is 1. The number of anilines is 1. The molecule has 0 saturated carbocycles. The van der Waals surface area contributed by atoms with Crippen LogP contribution in [0.25, 0.3) is 0 Å². The normalized spacial score (nSPS) is 12.4. The van der Waals surface area contributed by atoms with Gasteiger partial charge in [0.15, 0.2) is 0 Å². The number of carbonyl (C=O) groups is 1. The largest absolute Gasteiger partial charge is 0.478 e. The molecular formula is C13H21N3O2. The van der Waals surface area contributed by atoms with Crippen LogP contribution in [-0.4, -0.2) is 47.1 Å². The van der Waals surface area contributed by atoms with E-state index in [1.54, 1.807) is 12.1 Å². The maximum absolute atomic E-state index is 10.7. The van der Waals surface area contributed by atoms with Crippen molar-refractivity contribution in [1.82, 2.24) is 9.88 Å². The Kier molecular flexibility index (Phi) is 5.58. The molecule has 5 heteroatoms. The molecule has 1 aromatic heterocycles. The molecule has 1 rings (SSSR count). The molecule has 0 amide bonds. The second kappa shape index (κ2) is 6.96. The molecule has 0 fully saturated rings. The SMILES string of the molecule is CCC(C)N(C)CCNc1ccc(C(=O)O)cn1. The fraction of sp³-hybridized carbons (Fsp3) is 0.538. The molecule has 0 aliphatic heterocycles. The Morgan fingerprint density at radius 3 is 2.78 bits per heavy atom. The molecular weight excluding hydrogens is 230 g/mol. The molecule has 1 aromatic rings. The minimum absolute atomic E-state index is 0.206. The van der Waals surface area contributed by atoms with Crippen LogP contribution in [0.3, 0.4) is 0 Å². The van der Waals surface area contributed by atoms with E-state index in [0.717, 1.165) is 19.5 Å². The molecule has 0 spiro atoms. The number of nitrogens with one attached hydrogen (secondary N) is 1. The number of aromatic carboxylic acids is 1. The average Bonchev–Trinajstić information content (AvgIpc) is 2.38. The number of hydrogen-bond donors (Lipinski definition) is 2. The van der Waals surface area contributed by atoms with E-state index in [2.05, 4.69) is 36.1 Å². The molecule has 1 unspecified atom stereocenters. The third-order valence-electron chi connectivity index (χ3n) is 3.12. The predicted molar refractivity (Wildman–Crippen MR) is 72.1 cm³/mol. The van der Waals surface area contributed by atoms with Crippen LogP contribution in [0, 0.1) is 0 Å². The van der Waals surface area contributed by atoms with Gasteiger partial charge in [-0.05, 0) is 32.5 Å². The fourth-order valence-corrected chi connectivity index (χ4v) is 1.52. The van der Waals surface area contributed by atoms with E-state index in [1.807, 2.05) is 0 Å². The quantitative estimate of drug-likeness (QED) is 0.775. The first kappa shape index (κ1) is 14.4. The lowest BCUT2D eigenvalue weighted by Gasteiger charge is -2.23. The lowest BCUT2D eigenvalue weighted by Crippen LogP contribution is -2.32. The van der Waals surface area contributed by atoms with Gasteiger partial charge < -0.3 is 15.3 Å². The third-order valence-corrected chi connectivity index (χ3v) is 3.12. The second-order valence-corrected chi connectivity index (χ2v) is 4.40. The standard InChI is InChI=1S/C13H21N3O2/c1-4-10(2)16(3)8-7-14-12-6-5-11(9-15-12)13(17)18/h5-6,9-10H,4,7-8H2,1-3H3,(H,14,15)(H,17,18). The van der Waals surface area contributed by atoms with Crippen molar-refractivity contribution in [2.24, 2.45) is 0 Å². The molecule has 100 valence electrons. The molecule has 18 heavy (non-hydrogen) atoms. The van der Waals surface area contributed by atoms with Crippen molar-refractivity contribution in [1.29, 1.82) is 0 Å². The number of carboxylic acid groups (broad SMARTS) is 1. The van der Waals surface area contributed by atoms with Gasteiger partial charge in [0.25, 0.3) is 0 Å². The summed E-state index contributed by atoms with van der Waals surface area (Å²) in [5.41, 5.74) is 0.206. The summed E-state index contributed by atoms with van der Waals surface area (Å²) in [6.07, 6.45) is 2.49. The third kappa shape index (κ3) is 4.33. The Hall–Kier alpha value is -1.62. The zero-order valence-corrected chi connectivity index (χ0v) is 11.2. The van der Waals surface area contributed by atoms with E-state index in [9.17, 15) is 4.79 Å². The first-order chi connectivity index (χ1) is 8.54. The van der Waals surface area contributed by atoms with Gasteiger partial charge in [0.2, 0.25) is 0 Å². The topological polar surface area (TPSA) is 65.5 Å². The average molecular weight is 251 g/mol. The summed E-state index contributed by atoms with van der Waals surface area (Å²) in [4.78, 5) is 17.0. The van der Waals surface area contributed by atoms with Gasteiger partial charge in [-0.2, -0.15) is 0 Å². The second-order valence-electron chi connectivity index (χ2n) is 4.40. The summed E-state index contributed by atoms with van der Waals surface area (Å²) in [6.45, 7) is 6.08. The van der Waals surface area contributed by atoms with Gasteiger partial charge in [-0.15, -0.1) is 0 Å². The maximum atomic E-state index is 10.7. The highest BCUT2D eigenvalue weighted by atomic mass is 16.4. The van der Waals surface area contributed by atoms with Gasteiger partial charge in [0.1, 0.15) is 5.82 Å². The molecule has 0 bridgehead atoms. The van der Waals surface area contributed by atoms with Crippen LogP contribution in [0.15, 0.2) is 18.3 Å². The Morgan fingerprint density at radius 2 is 2.28 bits per heavy atom. The highest BCUT2D eigenvalue weighted by Gasteiger charge is 2.06. The van der Waals surface area contributed by atoms with E-state index in [0.29, 0.717) is 11.9 Å². The summed E-state index contributed by atoms with van der Waals surface area (Å²) < 4.78 is 0. The van der Waals surface area contributed by atoms with Gasteiger partial charge in [0, 0.05) is 25.3 Å². The van der Waals surface area contributed by atoms with Crippen molar-refractivity contribution in [2.45, 2.75) is 26.3 Å². The Labute approximate surface area is 108 Å². The number of likely N-dealkylation sites (N-methyl/N-ethyl adjacent to an activating group) is 1. The van der Waals surface area contributed by atoms with Crippen molar-refractivity contribution in [3.8, 4) is 0 Å². The van der Waals surface area contributed by atoms with Crippen LogP contribution < -0.4 is 5.32 Å². The minimum Gasteiger partial charge on any atom is -0.478 e. The molecule has 2 N–H and O–H groups in total. The van der Waals surface area contributed by atoms with Crippen LogP contribution >= 0.6 is 0 Å². The van der Waals surface area contributed by atoms with Gasteiger partial charge in [-0.25, -0.2) is 9.78 Å². The smallest absolute Gasteiger partial charge is 0.337 e. The van der Waals surface area contributed by atoms with Crippen LogP contribution in [0.4, 0.5) is 5.82 Å². The Bertz CT molecular complexity index is 378. The van der Waals surface area contributed by atoms with Gasteiger partial charge in [-0.1, -0.05) is 6.92 Å². The van der Waals surface area contributed by atoms with Crippen molar-refractivity contribution in [3.05, 3.63) is 23.9 Å². The van der Waals surface area contributed by atoms with Gasteiger partial charge in [-0.3, -0.25) is 0 Å². The van der Waals surface area contributed by atoms with Crippen molar-refractivity contribution in [3.63, 3.8) is 0 Å². The molecule has 5 nitrogen and oxygen atoms in total. The first-order valence-electron chi connectivity index (χ1n) is 6.18. The van der Waals surface area contributed by atoms with E-state index in [-0.39, 0.29) is 5.56 Å². The van der Waals surface area contributed by atoms with Crippen molar-refractivity contribution in [2.75, 3.05) is 25.5 Å². The van der Waals surface area contributed by atoms with Gasteiger partial charge >= 0.3 is 5.97 Å². The summed E-state index contributed by atoms with van der Waals surface area (Å²) in [5, 5.41) is 11.9. The highest BCUT2D eigenvalue weighted by molar-refractivity contribution is 5.87. The fourth-order valence-electron chi connectivity index (χ4n) is 1.52. The first-order valence-corrected chi connectivity index (χ1v) is 6.18. The van der Waals surface area contributed by atoms with E-state index >= 15 is 0 Å². The number of rotatable bonds is 7. The van der Waals surface area contributed by atoms with Crippen LogP contribution in [0.2, 0.25) is 0 Å². The summed E-state index contributed by atoms with van der Waals surface area (Å²) in [7, 11) is 2.09. The van der Waals surface area contributed by atoms with Crippen molar-refractivity contribution < 1.29 is 9.90 Å². The monoisotopic (exact) mass is 251 g/mol.